The molecule has 20 heavy (non-hydrogen) atoms. The average molecular weight is 274 g/mol. The minimum Gasteiger partial charge on any atom is -0.497 e. The Bertz CT molecular complexity index is 568. The standard InChI is InChI=1S/C15H18N2O3/c1-10-14(11(2)20-17-10)8-9-15(18)16-12-4-6-13(19-3)7-5-12/h4-7H,8-9H2,1-3H3,(H,16,18). The molecule has 5 nitrogen and oxygen atoms in total. The monoisotopic (exact) mass is 274 g/mol. The fraction of sp³-hybridized carbons (Fsp3) is 0.333. The maximum atomic E-state index is 11.9. The first-order valence-electron chi connectivity index (χ1n) is 6.46. The number of hydrogen-bond acceptors (Lipinski definition) is 4. The van der Waals surface area contributed by atoms with Crippen molar-refractivity contribution in [2.75, 3.05) is 12.4 Å². The molecule has 106 valence electrons. The number of benzene rings is 1. The van der Waals surface area contributed by atoms with Gasteiger partial charge < -0.3 is 14.6 Å². The highest BCUT2D eigenvalue weighted by atomic mass is 16.5. The zero-order chi connectivity index (χ0) is 14.5. The van der Waals surface area contributed by atoms with E-state index in [1.807, 2.05) is 38.1 Å². The minimum absolute atomic E-state index is 0.0323. The van der Waals surface area contributed by atoms with Crippen molar-refractivity contribution in [1.29, 1.82) is 0 Å². The lowest BCUT2D eigenvalue weighted by Gasteiger charge is -2.06. The summed E-state index contributed by atoms with van der Waals surface area (Å²) in [6, 6.07) is 7.24. The van der Waals surface area contributed by atoms with E-state index in [4.69, 9.17) is 9.26 Å². The SMILES string of the molecule is COc1ccc(NC(=O)CCc2c(C)noc2C)cc1. The fourth-order valence-electron chi connectivity index (χ4n) is 2.00. The molecule has 0 radical (unpaired) electrons. The number of aromatic nitrogens is 1. The van der Waals surface area contributed by atoms with Crippen LogP contribution in [0, 0.1) is 13.8 Å². The van der Waals surface area contributed by atoms with Crippen LogP contribution in [0.15, 0.2) is 28.8 Å². The predicted molar refractivity (Wildman–Crippen MR) is 75.9 cm³/mol. The summed E-state index contributed by atoms with van der Waals surface area (Å²) in [5, 5.41) is 6.73. The summed E-state index contributed by atoms with van der Waals surface area (Å²) >= 11 is 0. The number of amides is 1. The number of ether oxygens (including phenoxy) is 1. The van der Waals surface area contributed by atoms with Crippen LogP contribution in [0.2, 0.25) is 0 Å². The maximum absolute atomic E-state index is 11.9. The minimum atomic E-state index is -0.0323. The van der Waals surface area contributed by atoms with E-state index in [1.54, 1.807) is 7.11 Å². The van der Waals surface area contributed by atoms with Gasteiger partial charge in [0.1, 0.15) is 11.5 Å². The van der Waals surface area contributed by atoms with Crippen molar-refractivity contribution >= 4 is 11.6 Å². The van der Waals surface area contributed by atoms with Crippen LogP contribution in [-0.2, 0) is 11.2 Å². The summed E-state index contributed by atoms with van der Waals surface area (Å²) in [4.78, 5) is 11.9. The number of carbonyl (C=O) groups is 1. The molecule has 0 aliphatic rings. The van der Waals surface area contributed by atoms with E-state index in [-0.39, 0.29) is 5.91 Å². The van der Waals surface area contributed by atoms with Crippen molar-refractivity contribution in [3.63, 3.8) is 0 Å². The Morgan fingerprint density at radius 3 is 2.55 bits per heavy atom. The van der Waals surface area contributed by atoms with Gasteiger partial charge >= 0.3 is 0 Å². The Morgan fingerprint density at radius 2 is 2.00 bits per heavy atom. The Kier molecular flexibility index (Phi) is 4.40. The van der Waals surface area contributed by atoms with Gasteiger partial charge in [0.2, 0.25) is 5.91 Å². The number of methoxy groups -OCH3 is 1. The number of hydrogen-bond donors (Lipinski definition) is 1. The second-order valence-corrected chi connectivity index (χ2v) is 4.58. The Labute approximate surface area is 117 Å². The summed E-state index contributed by atoms with van der Waals surface area (Å²) in [5.74, 6) is 1.51. The summed E-state index contributed by atoms with van der Waals surface area (Å²) in [7, 11) is 1.61. The normalized spacial score (nSPS) is 10.3. The summed E-state index contributed by atoms with van der Waals surface area (Å²) in [6.45, 7) is 3.74. The molecular weight excluding hydrogens is 256 g/mol. The second-order valence-electron chi connectivity index (χ2n) is 4.58. The van der Waals surface area contributed by atoms with Gasteiger partial charge in [0.05, 0.1) is 12.8 Å². The first-order valence-corrected chi connectivity index (χ1v) is 6.46. The molecule has 1 aromatic carbocycles. The van der Waals surface area contributed by atoms with Crippen molar-refractivity contribution < 1.29 is 14.1 Å². The molecule has 0 saturated carbocycles. The maximum Gasteiger partial charge on any atom is 0.224 e. The van der Waals surface area contributed by atoms with E-state index >= 15 is 0 Å². The Hall–Kier alpha value is -2.30. The summed E-state index contributed by atoms with van der Waals surface area (Å²) in [6.07, 6.45) is 1.03. The van der Waals surface area contributed by atoms with Gasteiger partial charge in [-0.3, -0.25) is 4.79 Å². The molecule has 0 aliphatic carbocycles. The van der Waals surface area contributed by atoms with Crippen LogP contribution < -0.4 is 10.1 Å². The Balaban J connectivity index is 1.89. The molecule has 1 aromatic heterocycles. The zero-order valence-electron chi connectivity index (χ0n) is 11.9. The van der Waals surface area contributed by atoms with Gasteiger partial charge in [-0.2, -0.15) is 0 Å². The molecule has 0 atom stereocenters. The predicted octanol–water partition coefficient (Wildman–Crippen LogP) is 2.87. The van der Waals surface area contributed by atoms with Gasteiger partial charge in [0, 0.05) is 17.7 Å². The zero-order valence-corrected chi connectivity index (χ0v) is 11.9. The lowest BCUT2D eigenvalue weighted by molar-refractivity contribution is -0.116. The third-order valence-corrected chi connectivity index (χ3v) is 3.16. The van der Waals surface area contributed by atoms with Gasteiger partial charge in [-0.15, -0.1) is 0 Å². The molecule has 0 spiro atoms. The quantitative estimate of drug-likeness (QED) is 0.910. The number of rotatable bonds is 5. The molecule has 0 saturated heterocycles. The fourth-order valence-corrected chi connectivity index (χ4v) is 2.00. The third kappa shape index (κ3) is 3.38. The highest BCUT2D eigenvalue weighted by molar-refractivity contribution is 5.90. The molecule has 2 aromatic rings. The largest absolute Gasteiger partial charge is 0.497 e. The van der Waals surface area contributed by atoms with E-state index in [0.717, 1.165) is 28.5 Å². The number of nitrogens with one attached hydrogen (secondary N) is 1. The molecule has 1 N–H and O–H groups in total. The second kappa shape index (κ2) is 6.23. The molecule has 2 rings (SSSR count). The van der Waals surface area contributed by atoms with E-state index in [2.05, 4.69) is 10.5 Å². The van der Waals surface area contributed by atoms with Gasteiger partial charge in [0.15, 0.2) is 0 Å². The lowest BCUT2D eigenvalue weighted by Crippen LogP contribution is -2.12. The highest BCUT2D eigenvalue weighted by Crippen LogP contribution is 2.17. The third-order valence-electron chi connectivity index (χ3n) is 3.16. The summed E-state index contributed by atoms with van der Waals surface area (Å²) < 4.78 is 10.1. The van der Waals surface area contributed by atoms with Crippen molar-refractivity contribution in [3.05, 3.63) is 41.3 Å². The van der Waals surface area contributed by atoms with Crippen molar-refractivity contribution in [3.8, 4) is 5.75 Å². The van der Waals surface area contributed by atoms with Crippen LogP contribution in [0.5, 0.6) is 5.75 Å². The molecular formula is C15H18N2O3. The van der Waals surface area contributed by atoms with Crippen LogP contribution in [-0.4, -0.2) is 18.2 Å². The van der Waals surface area contributed by atoms with E-state index < -0.39 is 0 Å². The molecule has 5 heteroatoms. The van der Waals surface area contributed by atoms with E-state index in [0.29, 0.717) is 12.8 Å². The van der Waals surface area contributed by atoms with Crippen molar-refractivity contribution in [1.82, 2.24) is 5.16 Å². The molecule has 0 bridgehead atoms. The first-order chi connectivity index (χ1) is 9.60. The molecule has 0 unspecified atom stereocenters. The molecule has 0 aliphatic heterocycles. The first kappa shape index (κ1) is 14.1. The molecule has 0 fully saturated rings. The van der Waals surface area contributed by atoms with Crippen LogP contribution >= 0.6 is 0 Å². The van der Waals surface area contributed by atoms with Gasteiger partial charge in [-0.1, -0.05) is 5.16 Å². The van der Waals surface area contributed by atoms with Crippen LogP contribution in [0.25, 0.3) is 0 Å². The number of nitrogens with zero attached hydrogens (tertiary/aromatic N) is 1. The lowest BCUT2D eigenvalue weighted by atomic mass is 10.1. The van der Waals surface area contributed by atoms with Gasteiger partial charge in [-0.05, 0) is 44.5 Å². The van der Waals surface area contributed by atoms with Gasteiger partial charge in [-0.25, -0.2) is 0 Å². The van der Waals surface area contributed by atoms with Crippen LogP contribution in [0.1, 0.15) is 23.4 Å². The van der Waals surface area contributed by atoms with Crippen molar-refractivity contribution in [2.45, 2.75) is 26.7 Å². The van der Waals surface area contributed by atoms with Crippen molar-refractivity contribution in [2.24, 2.45) is 0 Å². The van der Waals surface area contributed by atoms with Crippen LogP contribution in [0.3, 0.4) is 0 Å². The number of carbonyl (C=O) groups excluding carboxylic acids is 1. The van der Waals surface area contributed by atoms with E-state index in [9.17, 15) is 4.79 Å². The smallest absolute Gasteiger partial charge is 0.224 e. The number of aryl methyl sites for hydroxylation is 2. The average Bonchev–Trinajstić information content (AvgIpc) is 2.77. The van der Waals surface area contributed by atoms with Crippen LogP contribution in [0.4, 0.5) is 5.69 Å². The van der Waals surface area contributed by atoms with E-state index in [1.165, 1.54) is 0 Å². The van der Waals surface area contributed by atoms with Gasteiger partial charge in [0.25, 0.3) is 0 Å². The number of anilines is 1. The molecule has 1 amide bonds. The topological polar surface area (TPSA) is 64.4 Å². The summed E-state index contributed by atoms with van der Waals surface area (Å²) in [5.41, 5.74) is 2.61. The highest BCUT2D eigenvalue weighted by Gasteiger charge is 2.11. The molecule has 1 heterocycles. The Morgan fingerprint density at radius 1 is 1.30 bits per heavy atom.